The van der Waals surface area contributed by atoms with E-state index in [2.05, 4.69) is 5.41 Å². The van der Waals surface area contributed by atoms with Gasteiger partial charge in [-0.1, -0.05) is 35.3 Å². The molecule has 0 radical (unpaired) electrons. The average molecular weight is 185 g/mol. The van der Waals surface area contributed by atoms with Crippen molar-refractivity contribution in [1.82, 2.24) is 0 Å². The fourth-order valence-corrected chi connectivity index (χ4v) is 3.13. The number of thioether (sulfide) groups is 3. The first-order valence-electron chi connectivity index (χ1n) is 2.83. The Morgan fingerprint density at radius 1 is 1.10 bits per heavy atom. The van der Waals surface area contributed by atoms with Crippen molar-refractivity contribution in [3.05, 3.63) is 30.1 Å². The molecular formula is C6H3NS3. The quantitative estimate of drug-likeness (QED) is 0.714. The van der Waals surface area contributed by atoms with Crippen molar-refractivity contribution in [2.75, 3.05) is 0 Å². The smallest absolute Gasteiger partial charge is 0.0859 e. The van der Waals surface area contributed by atoms with Crippen LogP contribution in [-0.4, -0.2) is 0 Å². The molecule has 3 heterocycles. The van der Waals surface area contributed by atoms with Crippen molar-refractivity contribution in [3.8, 4) is 0 Å². The highest BCUT2D eigenvalue weighted by Crippen LogP contribution is 2.67. The van der Waals surface area contributed by atoms with Gasteiger partial charge in [-0.3, -0.25) is 0 Å². The number of rotatable bonds is 2. The molecule has 0 aromatic rings. The summed E-state index contributed by atoms with van der Waals surface area (Å²) in [6.07, 6.45) is 0. The molecule has 0 saturated carbocycles. The van der Waals surface area contributed by atoms with Gasteiger partial charge < -0.3 is 5.73 Å². The van der Waals surface area contributed by atoms with E-state index in [0.29, 0.717) is 0 Å². The minimum absolute atomic E-state index is 1.02. The van der Waals surface area contributed by atoms with Gasteiger partial charge in [-0.25, -0.2) is 0 Å². The summed E-state index contributed by atoms with van der Waals surface area (Å²) in [5.74, 6) is 0. The summed E-state index contributed by atoms with van der Waals surface area (Å²) in [5, 5.41) is 3.20. The van der Waals surface area contributed by atoms with Gasteiger partial charge in [0.2, 0.25) is 0 Å². The lowest BCUT2D eigenvalue weighted by atomic mass is 10.5. The first kappa shape index (κ1) is 5.69. The van der Waals surface area contributed by atoms with Gasteiger partial charge in [-0.15, -0.1) is 0 Å². The largest absolute Gasteiger partial charge is 0.392 e. The summed E-state index contributed by atoms with van der Waals surface area (Å²) in [4.78, 5) is 5.67. The van der Waals surface area contributed by atoms with E-state index >= 15 is 0 Å². The Morgan fingerprint density at radius 2 is 1.80 bits per heavy atom. The van der Waals surface area contributed by atoms with Crippen LogP contribution in [0.3, 0.4) is 0 Å². The molecule has 1 nitrogen and oxygen atoms in total. The molecule has 0 unspecified atom stereocenters. The minimum Gasteiger partial charge on any atom is -0.392 e. The standard InChI is InChI=1S/C6H3NS3/c7-6-5(10-6)4-3(9-4)2-1-8-2/h1H,7H2. The molecule has 0 aromatic heterocycles. The third kappa shape index (κ3) is 0.758. The van der Waals surface area contributed by atoms with Crippen LogP contribution in [0.1, 0.15) is 0 Å². The van der Waals surface area contributed by atoms with E-state index in [-0.39, 0.29) is 0 Å². The van der Waals surface area contributed by atoms with Crippen LogP contribution < -0.4 is 5.73 Å². The zero-order chi connectivity index (χ0) is 6.72. The van der Waals surface area contributed by atoms with E-state index in [9.17, 15) is 0 Å². The minimum atomic E-state index is 1.02. The molecular weight excluding hydrogens is 182 g/mol. The summed E-state index contributed by atoms with van der Waals surface area (Å²) in [7, 11) is 0. The molecule has 0 atom stereocenters. The van der Waals surface area contributed by atoms with Crippen LogP contribution in [0.5, 0.6) is 0 Å². The second-order valence-electron chi connectivity index (χ2n) is 2.16. The Morgan fingerprint density at radius 3 is 2.30 bits per heavy atom. The summed E-state index contributed by atoms with van der Waals surface area (Å²) in [6, 6.07) is 0. The predicted octanol–water partition coefficient (Wildman–Crippen LogP) is 2.41. The summed E-state index contributed by atoms with van der Waals surface area (Å²) >= 11 is 5.40. The molecule has 4 heteroatoms. The Hall–Kier alpha value is 0.0700. The second-order valence-corrected chi connectivity index (χ2v) is 5.14. The Balaban J connectivity index is 1.92. The molecule has 0 aliphatic carbocycles. The number of nitrogens with two attached hydrogens (primary N) is 1. The highest BCUT2D eigenvalue weighted by atomic mass is 32.2. The van der Waals surface area contributed by atoms with Gasteiger partial charge in [0.15, 0.2) is 0 Å². The maximum absolute atomic E-state index is 5.56. The van der Waals surface area contributed by atoms with Crippen molar-refractivity contribution in [2.45, 2.75) is 0 Å². The molecule has 0 spiro atoms. The first-order valence-corrected chi connectivity index (χ1v) is 5.35. The highest BCUT2D eigenvalue weighted by Gasteiger charge is 2.39. The predicted molar refractivity (Wildman–Crippen MR) is 49.1 cm³/mol. The van der Waals surface area contributed by atoms with Gasteiger partial charge in [-0.2, -0.15) is 0 Å². The third-order valence-corrected chi connectivity index (χ3v) is 4.25. The van der Waals surface area contributed by atoms with Gasteiger partial charge in [-0.05, 0) is 5.41 Å². The maximum atomic E-state index is 5.56. The first-order chi connectivity index (χ1) is 4.86. The molecule has 2 N–H and O–H groups in total. The number of hydrogen-bond donors (Lipinski definition) is 1. The van der Waals surface area contributed by atoms with Crippen molar-refractivity contribution in [3.63, 3.8) is 0 Å². The molecule has 3 aliphatic heterocycles. The Bertz CT molecular complexity index is 324. The van der Waals surface area contributed by atoms with Crippen LogP contribution in [0.4, 0.5) is 0 Å². The summed E-state index contributed by atoms with van der Waals surface area (Å²) in [5.41, 5.74) is 5.56. The zero-order valence-electron chi connectivity index (χ0n) is 4.88. The monoisotopic (exact) mass is 185 g/mol. The van der Waals surface area contributed by atoms with Crippen LogP contribution in [-0.2, 0) is 0 Å². The summed E-state index contributed by atoms with van der Waals surface area (Å²) in [6.45, 7) is 0. The van der Waals surface area contributed by atoms with E-state index in [1.54, 1.807) is 11.8 Å². The van der Waals surface area contributed by atoms with E-state index in [1.807, 2.05) is 23.5 Å². The van der Waals surface area contributed by atoms with Crippen LogP contribution in [0.15, 0.2) is 30.1 Å². The van der Waals surface area contributed by atoms with Crippen molar-refractivity contribution >= 4 is 35.3 Å². The molecule has 0 aromatic carbocycles. The van der Waals surface area contributed by atoms with Gasteiger partial charge in [0.1, 0.15) is 0 Å². The van der Waals surface area contributed by atoms with Gasteiger partial charge in [0, 0.05) is 14.7 Å². The van der Waals surface area contributed by atoms with Crippen molar-refractivity contribution in [2.24, 2.45) is 5.73 Å². The second kappa shape index (κ2) is 1.62. The van der Waals surface area contributed by atoms with Crippen LogP contribution in [0.25, 0.3) is 0 Å². The third-order valence-electron chi connectivity index (χ3n) is 1.43. The van der Waals surface area contributed by atoms with Crippen LogP contribution >= 0.6 is 35.3 Å². The van der Waals surface area contributed by atoms with Gasteiger partial charge in [0.05, 0.1) is 9.93 Å². The van der Waals surface area contributed by atoms with Crippen molar-refractivity contribution < 1.29 is 0 Å². The fraction of sp³-hybridized carbons (Fsp3) is 0. The zero-order valence-corrected chi connectivity index (χ0v) is 7.33. The molecule has 10 heavy (non-hydrogen) atoms. The normalized spacial score (nSPS) is 27.0. The molecule has 0 saturated heterocycles. The Labute approximate surface area is 71.2 Å². The lowest BCUT2D eigenvalue weighted by molar-refractivity contribution is 1.59. The molecule has 3 aliphatic rings. The molecule has 0 bridgehead atoms. The lowest BCUT2D eigenvalue weighted by Gasteiger charge is -1.64. The molecule has 0 amide bonds. The fourth-order valence-electron chi connectivity index (χ4n) is 0.767. The maximum Gasteiger partial charge on any atom is 0.0859 e. The van der Waals surface area contributed by atoms with Crippen LogP contribution in [0.2, 0.25) is 0 Å². The highest BCUT2D eigenvalue weighted by molar-refractivity contribution is 8.22. The molecule has 3 rings (SSSR count). The SMILES string of the molecule is NC1=C(C2=C(C3=CS3)S2)S1. The topological polar surface area (TPSA) is 26.0 Å². The van der Waals surface area contributed by atoms with E-state index in [4.69, 9.17) is 5.73 Å². The summed E-state index contributed by atoms with van der Waals surface area (Å²) < 4.78 is 0. The van der Waals surface area contributed by atoms with E-state index in [1.165, 1.54) is 19.6 Å². The number of hydrogen-bond acceptors (Lipinski definition) is 4. The van der Waals surface area contributed by atoms with E-state index in [0.717, 1.165) is 5.03 Å². The van der Waals surface area contributed by atoms with Gasteiger partial charge in [0.25, 0.3) is 0 Å². The van der Waals surface area contributed by atoms with E-state index < -0.39 is 0 Å². The Kier molecular flexibility index (Phi) is 0.924. The molecule has 50 valence electrons. The van der Waals surface area contributed by atoms with Gasteiger partial charge >= 0.3 is 0 Å². The van der Waals surface area contributed by atoms with Crippen molar-refractivity contribution in [1.29, 1.82) is 0 Å². The molecule has 0 fully saturated rings. The average Bonchev–Trinajstić information content (AvgIpc) is 2.68. The van der Waals surface area contributed by atoms with Crippen LogP contribution in [0, 0.1) is 0 Å². The lowest BCUT2D eigenvalue weighted by Crippen LogP contribution is -1.75.